The van der Waals surface area contributed by atoms with E-state index in [1.165, 1.54) is 5.56 Å². The highest BCUT2D eigenvalue weighted by Crippen LogP contribution is 2.27. The fraction of sp³-hybridized carbons (Fsp3) is 0.438. The van der Waals surface area contributed by atoms with Crippen molar-refractivity contribution < 1.29 is 4.74 Å². The van der Waals surface area contributed by atoms with Crippen LogP contribution in [0.2, 0.25) is 0 Å². The van der Waals surface area contributed by atoms with Gasteiger partial charge in [0.2, 0.25) is 0 Å². The molecule has 5 heteroatoms. The number of ether oxygens (including phenoxy) is 1. The Kier molecular flexibility index (Phi) is 5.82. The molecule has 2 aromatic rings. The summed E-state index contributed by atoms with van der Waals surface area (Å²) in [4.78, 5) is 0. The normalized spacial score (nSPS) is 12.4. The molecule has 21 heavy (non-hydrogen) atoms. The molecule has 0 fully saturated rings. The van der Waals surface area contributed by atoms with Crippen LogP contribution in [-0.4, -0.2) is 16.3 Å². The summed E-state index contributed by atoms with van der Waals surface area (Å²) in [6.45, 7) is 5.44. The third kappa shape index (κ3) is 4.32. The molecule has 1 heterocycles. The maximum atomic E-state index is 5.83. The molecule has 0 radical (unpaired) electrons. The van der Waals surface area contributed by atoms with Gasteiger partial charge in [-0.2, -0.15) is 5.10 Å². The molecule has 0 aliphatic heterocycles. The highest BCUT2D eigenvalue weighted by Gasteiger charge is 2.07. The van der Waals surface area contributed by atoms with Crippen molar-refractivity contribution in [1.29, 1.82) is 0 Å². The Hall–Kier alpha value is -1.33. The van der Waals surface area contributed by atoms with Crippen molar-refractivity contribution in [2.45, 2.75) is 39.3 Å². The molecule has 0 spiro atoms. The molecule has 2 N–H and O–H groups in total. The summed E-state index contributed by atoms with van der Waals surface area (Å²) < 4.78 is 8.77. The van der Waals surface area contributed by atoms with Crippen LogP contribution in [0.25, 0.3) is 0 Å². The largest absolute Gasteiger partial charge is 0.486 e. The fourth-order valence-electron chi connectivity index (χ4n) is 2.02. The van der Waals surface area contributed by atoms with Crippen LogP contribution >= 0.6 is 15.9 Å². The Morgan fingerprint density at radius 1 is 1.38 bits per heavy atom. The van der Waals surface area contributed by atoms with E-state index in [0.29, 0.717) is 19.2 Å². The first-order valence-electron chi connectivity index (χ1n) is 7.29. The van der Waals surface area contributed by atoms with Gasteiger partial charge in [0, 0.05) is 12.2 Å². The second kappa shape index (κ2) is 7.61. The van der Waals surface area contributed by atoms with E-state index >= 15 is 0 Å². The quantitative estimate of drug-likeness (QED) is 0.827. The monoisotopic (exact) mass is 351 g/mol. The smallest absolute Gasteiger partial charge is 0.134 e. The van der Waals surface area contributed by atoms with Crippen LogP contribution in [0.4, 0.5) is 0 Å². The zero-order valence-corrected chi connectivity index (χ0v) is 14.1. The molecule has 1 atom stereocenters. The molecule has 1 aromatic carbocycles. The van der Waals surface area contributed by atoms with Gasteiger partial charge >= 0.3 is 0 Å². The number of nitrogens with two attached hydrogens (primary N) is 1. The lowest BCUT2D eigenvalue weighted by Gasteiger charge is -2.10. The zero-order chi connectivity index (χ0) is 15.2. The number of nitrogens with zero attached hydrogens (tertiary/aromatic N) is 2. The Balaban J connectivity index is 1.98. The Labute approximate surface area is 134 Å². The highest BCUT2D eigenvalue weighted by molar-refractivity contribution is 9.10. The summed E-state index contributed by atoms with van der Waals surface area (Å²) in [5.74, 6) is 0.828. The maximum absolute atomic E-state index is 5.83. The zero-order valence-electron chi connectivity index (χ0n) is 12.6. The van der Waals surface area contributed by atoms with E-state index in [-0.39, 0.29) is 0 Å². The SMILES string of the molecule is CCC(C)n1ccc(COc2ccc(CCN)cc2Br)n1. The van der Waals surface area contributed by atoms with Crippen molar-refractivity contribution in [3.8, 4) is 5.75 Å². The molecule has 0 bridgehead atoms. The number of benzene rings is 1. The van der Waals surface area contributed by atoms with Gasteiger partial charge in [-0.05, 0) is 66.0 Å². The van der Waals surface area contributed by atoms with Crippen molar-refractivity contribution in [3.63, 3.8) is 0 Å². The summed E-state index contributed by atoms with van der Waals surface area (Å²) in [6.07, 6.45) is 3.95. The molecule has 1 aromatic heterocycles. The number of aromatic nitrogens is 2. The van der Waals surface area contributed by atoms with Crippen LogP contribution in [0.15, 0.2) is 34.9 Å². The minimum absolute atomic E-state index is 0.418. The maximum Gasteiger partial charge on any atom is 0.134 e. The van der Waals surface area contributed by atoms with Crippen LogP contribution < -0.4 is 10.5 Å². The van der Waals surface area contributed by atoms with Crippen molar-refractivity contribution in [2.24, 2.45) is 5.73 Å². The molecule has 0 saturated heterocycles. The molecule has 0 saturated carbocycles. The predicted molar refractivity (Wildman–Crippen MR) is 88.5 cm³/mol. The topological polar surface area (TPSA) is 53.1 Å². The third-order valence-electron chi connectivity index (χ3n) is 3.51. The van der Waals surface area contributed by atoms with Gasteiger partial charge in [-0.1, -0.05) is 13.0 Å². The first-order valence-corrected chi connectivity index (χ1v) is 8.08. The molecule has 2 rings (SSSR count). The van der Waals surface area contributed by atoms with Crippen molar-refractivity contribution in [1.82, 2.24) is 9.78 Å². The van der Waals surface area contributed by atoms with Crippen molar-refractivity contribution in [2.75, 3.05) is 6.54 Å². The number of halogens is 1. The minimum atomic E-state index is 0.418. The van der Waals surface area contributed by atoms with Gasteiger partial charge in [-0.25, -0.2) is 0 Å². The average molecular weight is 352 g/mol. The number of hydrogen-bond donors (Lipinski definition) is 1. The number of rotatable bonds is 7. The van der Waals surface area contributed by atoms with E-state index in [4.69, 9.17) is 10.5 Å². The van der Waals surface area contributed by atoms with Crippen LogP contribution in [0, 0.1) is 0 Å². The fourth-order valence-corrected chi connectivity index (χ4v) is 2.56. The van der Waals surface area contributed by atoms with Gasteiger partial charge < -0.3 is 10.5 Å². The van der Waals surface area contributed by atoms with Crippen LogP contribution in [0.3, 0.4) is 0 Å². The minimum Gasteiger partial charge on any atom is -0.486 e. The van der Waals surface area contributed by atoms with Crippen molar-refractivity contribution >= 4 is 15.9 Å². The molecule has 1 unspecified atom stereocenters. The molecule has 0 amide bonds. The summed E-state index contributed by atoms with van der Waals surface area (Å²) >= 11 is 3.54. The molecule has 114 valence electrons. The summed E-state index contributed by atoms with van der Waals surface area (Å²) in [6, 6.07) is 8.50. The Morgan fingerprint density at radius 2 is 2.19 bits per heavy atom. The van der Waals surface area contributed by atoms with Gasteiger partial charge in [0.25, 0.3) is 0 Å². The predicted octanol–water partition coefficient (Wildman–Crippen LogP) is 3.70. The summed E-state index contributed by atoms with van der Waals surface area (Å²) in [7, 11) is 0. The first kappa shape index (κ1) is 16.0. The van der Waals surface area contributed by atoms with Gasteiger partial charge in [0.05, 0.1) is 10.2 Å². The Bertz CT molecular complexity index is 583. The van der Waals surface area contributed by atoms with Gasteiger partial charge in [0.15, 0.2) is 0 Å². The lowest BCUT2D eigenvalue weighted by molar-refractivity contribution is 0.296. The third-order valence-corrected chi connectivity index (χ3v) is 4.13. The second-order valence-corrected chi connectivity index (χ2v) is 5.99. The van der Waals surface area contributed by atoms with Gasteiger partial charge in [-0.15, -0.1) is 0 Å². The van der Waals surface area contributed by atoms with E-state index in [2.05, 4.69) is 40.9 Å². The Morgan fingerprint density at radius 3 is 2.86 bits per heavy atom. The second-order valence-electron chi connectivity index (χ2n) is 5.14. The van der Waals surface area contributed by atoms with E-state index < -0.39 is 0 Å². The highest BCUT2D eigenvalue weighted by atomic mass is 79.9. The summed E-state index contributed by atoms with van der Waals surface area (Å²) in [5, 5.41) is 4.53. The molecule has 0 aliphatic rings. The van der Waals surface area contributed by atoms with Crippen LogP contribution in [-0.2, 0) is 13.0 Å². The summed E-state index contributed by atoms with van der Waals surface area (Å²) in [5.41, 5.74) is 7.71. The van der Waals surface area contributed by atoms with E-state index in [1.54, 1.807) is 0 Å². The van der Waals surface area contributed by atoms with Crippen LogP contribution in [0.5, 0.6) is 5.75 Å². The van der Waals surface area contributed by atoms with E-state index in [1.807, 2.05) is 29.1 Å². The lowest BCUT2D eigenvalue weighted by Crippen LogP contribution is -2.06. The average Bonchev–Trinajstić information content (AvgIpc) is 2.95. The van der Waals surface area contributed by atoms with Crippen LogP contribution in [0.1, 0.15) is 37.6 Å². The molecule has 0 aliphatic carbocycles. The van der Waals surface area contributed by atoms with Gasteiger partial charge in [0.1, 0.15) is 12.4 Å². The lowest BCUT2D eigenvalue weighted by atomic mass is 10.1. The van der Waals surface area contributed by atoms with E-state index in [0.717, 1.165) is 28.8 Å². The van der Waals surface area contributed by atoms with Crippen molar-refractivity contribution in [3.05, 3.63) is 46.2 Å². The first-order chi connectivity index (χ1) is 10.1. The van der Waals surface area contributed by atoms with Gasteiger partial charge in [-0.3, -0.25) is 4.68 Å². The van der Waals surface area contributed by atoms with E-state index in [9.17, 15) is 0 Å². The molecular formula is C16H22BrN3O. The molecule has 4 nitrogen and oxygen atoms in total. The molecular weight excluding hydrogens is 330 g/mol. The standard InChI is InChI=1S/C16H22BrN3O/c1-3-12(2)20-9-7-14(19-20)11-21-16-5-4-13(6-8-18)10-15(16)17/h4-5,7,9-10,12H,3,6,8,11,18H2,1-2H3. The number of hydrogen-bond acceptors (Lipinski definition) is 3.